The van der Waals surface area contributed by atoms with Crippen LogP contribution in [0.1, 0.15) is 34.7 Å². The topological polar surface area (TPSA) is 53.3 Å². The van der Waals surface area contributed by atoms with Crippen molar-refractivity contribution in [2.24, 2.45) is 0 Å². The van der Waals surface area contributed by atoms with Crippen LogP contribution in [-0.4, -0.2) is 69.5 Å². The van der Waals surface area contributed by atoms with Crippen LogP contribution in [-0.2, 0) is 36.9 Å². The van der Waals surface area contributed by atoms with Crippen molar-refractivity contribution < 1.29 is 22.7 Å². The summed E-state index contributed by atoms with van der Waals surface area (Å²) in [5.74, 6) is 1.10. The molecule has 0 atom stereocenters. The number of halogens is 4. The molecule has 0 aliphatic carbocycles. The maximum Gasteiger partial charge on any atom is 0.416 e. The number of likely N-dealkylation sites (N-methyl/N-ethyl adjacent to an activating group) is 1. The van der Waals surface area contributed by atoms with Gasteiger partial charge in [0, 0.05) is 62.5 Å². The average molecular weight is 657 g/mol. The highest BCUT2D eigenvalue weighted by Crippen LogP contribution is 2.34. The van der Waals surface area contributed by atoms with Crippen LogP contribution in [0, 0.1) is 0 Å². The van der Waals surface area contributed by atoms with Gasteiger partial charge in [-0.3, -0.25) is 9.69 Å². The summed E-state index contributed by atoms with van der Waals surface area (Å²) in [5.41, 5.74) is 2.89. The molecule has 2 aliphatic heterocycles. The summed E-state index contributed by atoms with van der Waals surface area (Å²) < 4.78 is 51.1. The molecule has 2 aliphatic rings. The van der Waals surface area contributed by atoms with Gasteiger partial charge in [0.1, 0.15) is 11.3 Å². The van der Waals surface area contributed by atoms with E-state index in [1.807, 2.05) is 30.5 Å². The van der Waals surface area contributed by atoms with E-state index < -0.39 is 11.7 Å². The van der Waals surface area contributed by atoms with Crippen molar-refractivity contribution in [2.45, 2.75) is 39.0 Å². The standard InChI is InChI=1S/C32H33BrF3N5O2/c1-2-38-11-13-39(14-12-38)19-24-4-3-22(15-28(24)32(34,35)36)16-31(42)40-10-8-23-5-6-27(17-25(23)20-40)43-30-7-9-37-41-21-26(33)18-29(30)41/h3-7,9,15,17-18,21H,2,8,10-14,16,19-20H2,1H3. The van der Waals surface area contributed by atoms with Crippen LogP contribution in [0.4, 0.5) is 13.2 Å². The minimum absolute atomic E-state index is 0.0812. The van der Waals surface area contributed by atoms with E-state index in [0.717, 1.165) is 59.9 Å². The minimum Gasteiger partial charge on any atom is -0.455 e. The van der Waals surface area contributed by atoms with Crippen molar-refractivity contribution in [2.75, 3.05) is 39.3 Å². The number of fused-ring (bicyclic) bond motifs is 2. The lowest BCUT2D eigenvalue weighted by Crippen LogP contribution is -2.45. The van der Waals surface area contributed by atoms with Gasteiger partial charge in [-0.2, -0.15) is 18.3 Å². The zero-order valence-electron chi connectivity index (χ0n) is 23.9. The van der Waals surface area contributed by atoms with Gasteiger partial charge >= 0.3 is 6.18 Å². The number of carbonyl (C=O) groups excluding carboxylic acids is 1. The van der Waals surface area contributed by atoms with Gasteiger partial charge in [0.25, 0.3) is 0 Å². The first-order valence-electron chi connectivity index (χ1n) is 14.5. The zero-order chi connectivity index (χ0) is 30.1. The van der Waals surface area contributed by atoms with Crippen molar-refractivity contribution >= 4 is 27.4 Å². The first kappa shape index (κ1) is 29.7. The molecule has 0 unspecified atom stereocenters. The summed E-state index contributed by atoms with van der Waals surface area (Å²) in [4.78, 5) is 19.4. The molecule has 0 bridgehead atoms. The third kappa shape index (κ3) is 6.73. The number of nitrogens with zero attached hydrogens (tertiary/aromatic N) is 5. The van der Waals surface area contributed by atoms with Gasteiger partial charge in [0.05, 0.1) is 18.2 Å². The van der Waals surface area contributed by atoms with E-state index in [1.54, 1.807) is 33.8 Å². The molecule has 0 saturated carbocycles. The summed E-state index contributed by atoms with van der Waals surface area (Å²) >= 11 is 3.47. The van der Waals surface area contributed by atoms with Gasteiger partial charge in [0.2, 0.25) is 5.91 Å². The molecular weight excluding hydrogens is 623 g/mol. The third-order valence-electron chi connectivity index (χ3n) is 8.35. The maximum atomic E-state index is 14.1. The van der Waals surface area contributed by atoms with E-state index in [9.17, 15) is 18.0 Å². The molecule has 2 aromatic carbocycles. The number of alkyl halides is 3. The fourth-order valence-corrected chi connectivity index (χ4v) is 6.32. The fourth-order valence-electron chi connectivity index (χ4n) is 5.91. The highest BCUT2D eigenvalue weighted by atomic mass is 79.9. The Bertz CT molecular complexity index is 1630. The molecule has 7 nitrogen and oxygen atoms in total. The second-order valence-corrected chi connectivity index (χ2v) is 12.1. The van der Waals surface area contributed by atoms with Gasteiger partial charge in [-0.25, -0.2) is 4.52 Å². The van der Waals surface area contributed by atoms with Gasteiger partial charge in [0.15, 0.2) is 5.75 Å². The molecule has 4 aromatic rings. The van der Waals surface area contributed by atoms with Gasteiger partial charge in [-0.15, -0.1) is 0 Å². The smallest absolute Gasteiger partial charge is 0.416 e. The lowest BCUT2D eigenvalue weighted by atomic mass is 9.97. The predicted octanol–water partition coefficient (Wildman–Crippen LogP) is 6.17. The fraction of sp³-hybridized carbons (Fsp3) is 0.375. The number of aromatic nitrogens is 2. The molecule has 226 valence electrons. The quantitative estimate of drug-likeness (QED) is 0.238. The summed E-state index contributed by atoms with van der Waals surface area (Å²) in [6, 6.07) is 14.0. The molecule has 6 rings (SSSR count). The molecule has 0 spiro atoms. The van der Waals surface area contributed by atoms with Gasteiger partial charge in [-0.05, 0) is 75.4 Å². The van der Waals surface area contributed by atoms with Gasteiger partial charge in [-0.1, -0.05) is 25.1 Å². The van der Waals surface area contributed by atoms with E-state index >= 15 is 0 Å². The highest BCUT2D eigenvalue weighted by molar-refractivity contribution is 9.10. The number of hydrogen-bond donors (Lipinski definition) is 0. The Morgan fingerprint density at radius 1 is 0.977 bits per heavy atom. The summed E-state index contributed by atoms with van der Waals surface area (Å²) in [7, 11) is 0. The number of amides is 1. The van der Waals surface area contributed by atoms with Crippen molar-refractivity contribution in [3.8, 4) is 11.5 Å². The number of benzene rings is 2. The maximum absolute atomic E-state index is 14.1. The molecule has 4 heterocycles. The SMILES string of the molecule is CCN1CCN(Cc2ccc(CC(=O)N3CCc4ccc(Oc5ccnn6cc(Br)cc56)cc4C3)cc2C(F)(F)F)CC1. The Balaban J connectivity index is 1.14. The molecule has 43 heavy (non-hydrogen) atoms. The van der Waals surface area contributed by atoms with Crippen molar-refractivity contribution in [1.82, 2.24) is 24.3 Å². The molecule has 1 amide bonds. The number of rotatable bonds is 7. The number of ether oxygens (including phenoxy) is 1. The summed E-state index contributed by atoms with van der Waals surface area (Å²) in [6.45, 7) is 7.38. The van der Waals surface area contributed by atoms with E-state index in [2.05, 4.69) is 37.8 Å². The Labute approximate surface area is 257 Å². The Morgan fingerprint density at radius 3 is 2.53 bits per heavy atom. The molecule has 1 fully saturated rings. The summed E-state index contributed by atoms with van der Waals surface area (Å²) in [6.07, 6.45) is -0.389. The number of hydrogen-bond acceptors (Lipinski definition) is 5. The number of piperazine rings is 1. The third-order valence-corrected chi connectivity index (χ3v) is 8.78. The predicted molar refractivity (Wildman–Crippen MR) is 161 cm³/mol. The summed E-state index contributed by atoms with van der Waals surface area (Å²) in [5, 5.41) is 4.29. The Hall–Kier alpha value is -3.41. The molecule has 0 radical (unpaired) electrons. The largest absolute Gasteiger partial charge is 0.455 e. The number of carbonyl (C=O) groups is 1. The zero-order valence-corrected chi connectivity index (χ0v) is 25.5. The van der Waals surface area contributed by atoms with Crippen LogP contribution >= 0.6 is 15.9 Å². The van der Waals surface area contributed by atoms with Crippen molar-refractivity contribution in [1.29, 1.82) is 0 Å². The van der Waals surface area contributed by atoms with E-state index in [4.69, 9.17) is 4.74 Å². The first-order chi connectivity index (χ1) is 20.7. The van der Waals surface area contributed by atoms with Crippen molar-refractivity contribution in [3.05, 3.63) is 93.2 Å². The van der Waals surface area contributed by atoms with Crippen LogP contribution in [0.3, 0.4) is 0 Å². The molecular formula is C32H33BrF3N5O2. The van der Waals surface area contributed by atoms with E-state index in [0.29, 0.717) is 36.6 Å². The van der Waals surface area contributed by atoms with Crippen LogP contribution in [0.15, 0.2) is 65.4 Å². The molecule has 11 heteroatoms. The molecule has 1 saturated heterocycles. The first-order valence-corrected chi connectivity index (χ1v) is 15.3. The normalized spacial score (nSPS) is 16.4. The van der Waals surface area contributed by atoms with Crippen LogP contribution in [0.25, 0.3) is 5.52 Å². The lowest BCUT2D eigenvalue weighted by Gasteiger charge is -2.34. The molecule has 2 aromatic heterocycles. The van der Waals surface area contributed by atoms with Gasteiger partial charge < -0.3 is 14.5 Å². The second kappa shape index (κ2) is 12.3. The van der Waals surface area contributed by atoms with E-state index in [1.165, 1.54) is 0 Å². The monoisotopic (exact) mass is 655 g/mol. The van der Waals surface area contributed by atoms with Crippen LogP contribution in [0.5, 0.6) is 11.5 Å². The van der Waals surface area contributed by atoms with Crippen LogP contribution < -0.4 is 4.74 Å². The second-order valence-electron chi connectivity index (χ2n) is 11.2. The van der Waals surface area contributed by atoms with Crippen LogP contribution in [0.2, 0.25) is 0 Å². The average Bonchev–Trinajstić information content (AvgIpc) is 3.38. The minimum atomic E-state index is -4.49. The van der Waals surface area contributed by atoms with E-state index in [-0.39, 0.29) is 24.4 Å². The molecule has 0 N–H and O–H groups in total. The highest BCUT2D eigenvalue weighted by Gasteiger charge is 2.34. The Morgan fingerprint density at radius 2 is 1.77 bits per heavy atom. The van der Waals surface area contributed by atoms with Crippen molar-refractivity contribution in [3.63, 3.8) is 0 Å². The Kier molecular flexibility index (Phi) is 8.48. The lowest BCUT2D eigenvalue weighted by molar-refractivity contribution is -0.138.